The average molecular weight is 401 g/mol. The first-order valence-corrected chi connectivity index (χ1v) is 7.76. The Hall–Kier alpha value is -1.92. The molecule has 0 unspecified atom stereocenters. The Balaban J connectivity index is 2.00. The van der Waals surface area contributed by atoms with Crippen molar-refractivity contribution in [1.82, 2.24) is 0 Å². The summed E-state index contributed by atoms with van der Waals surface area (Å²) in [6.07, 6.45) is -1.03. The first-order chi connectivity index (χ1) is 10.9. The van der Waals surface area contributed by atoms with E-state index in [9.17, 15) is 14.0 Å². The van der Waals surface area contributed by atoms with E-state index >= 15 is 0 Å². The molecule has 4 nitrogen and oxygen atoms in total. The van der Waals surface area contributed by atoms with Crippen molar-refractivity contribution >= 4 is 45.1 Å². The van der Waals surface area contributed by atoms with Gasteiger partial charge in [0, 0.05) is 10.2 Å². The van der Waals surface area contributed by atoms with Gasteiger partial charge in [0.05, 0.1) is 10.6 Å². The van der Waals surface area contributed by atoms with Crippen molar-refractivity contribution in [2.45, 2.75) is 13.0 Å². The van der Waals surface area contributed by atoms with E-state index in [-0.39, 0.29) is 10.6 Å². The zero-order chi connectivity index (χ0) is 17.0. The van der Waals surface area contributed by atoms with Gasteiger partial charge in [-0.25, -0.2) is 9.18 Å². The Morgan fingerprint density at radius 2 is 1.87 bits per heavy atom. The van der Waals surface area contributed by atoms with Gasteiger partial charge in [-0.2, -0.15) is 0 Å². The maximum Gasteiger partial charge on any atom is 0.340 e. The Labute approximate surface area is 145 Å². The second-order valence-electron chi connectivity index (χ2n) is 4.67. The third kappa shape index (κ3) is 4.77. The number of nitrogens with one attached hydrogen (secondary N) is 1. The van der Waals surface area contributed by atoms with Gasteiger partial charge in [-0.05, 0) is 49.4 Å². The molecule has 120 valence electrons. The van der Waals surface area contributed by atoms with Crippen LogP contribution in [0.3, 0.4) is 0 Å². The van der Waals surface area contributed by atoms with E-state index in [4.69, 9.17) is 16.3 Å². The molecule has 2 rings (SSSR count). The molecule has 0 heterocycles. The summed E-state index contributed by atoms with van der Waals surface area (Å²) in [7, 11) is 0. The molecule has 0 bridgehead atoms. The fraction of sp³-hybridized carbons (Fsp3) is 0.125. The van der Waals surface area contributed by atoms with Crippen LogP contribution in [0, 0.1) is 5.82 Å². The van der Waals surface area contributed by atoms with Gasteiger partial charge in [-0.1, -0.05) is 27.5 Å². The lowest BCUT2D eigenvalue weighted by atomic mass is 10.2. The van der Waals surface area contributed by atoms with E-state index < -0.39 is 23.8 Å². The third-order valence-electron chi connectivity index (χ3n) is 2.92. The topological polar surface area (TPSA) is 55.4 Å². The van der Waals surface area contributed by atoms with Crippen LogP contribution in [-0.4, -0.2) is 18.0 Å². The highest BCUT2D eigenvalue weighted by atomic mass is 79.9. The number of rotatable bonds is 4. The van der Waals surface area contributed by atoms with Crippen molar-refractivity contribution in [2.24, 2.45) is 0 Å². The van der Waals surface area contributed by atoms with Crippen molar-refractivity contribution in [2.75, 3.05) is 5.32 Å². The van der Waals surface area contributed by atoms with E-state index in [1.165, 1.54) is 13.0 Å². The maximum absolute atomic E-state index is 13.0. The number of benzene rings is 2. The minimum absolute atomic E-state index is 0.00337. The van der Waals surface area contributed by atoms with Crippen LogP contribution in [-0.2, 0) is 9.53 Å². The molecule has 1 amide bonds. The van der Waals surface area contributed by atoms with Crippen LogP contribution in [0.2, 0.25) is 5.02 Å². The maximum atomic E-state index is 13.0. The molecule has 2 aromatic carbocycles. The Bertz CT molecular complexity index is 737. The normalized spacial score (nSPS) is 11.7. The number of ether oxygens (including phenoxy) is 1. The fourth-order valence-corrected chi connectivity index (χ4v) is 2.22. The number of amides is 1. The highest BCUT2D eigenvalue weighted by Gasteiger charge is 2.20. The highest BCUT2D eigenvalue weighted by molar-refractivity contribution is 9.10. The zero-order valence-electron chi connectivity index (χ0n) is 12.0. The van der Waals surface area contributed by atoms with Crippen LogP contribution in [0.4, 0.5) is 10.1 Å². The Morgan fingerprint density at radius 3 is 2.48 bits per heavy atom. The summed E-state index contributed by atoms with van der Waals surface area (Å²) in [5.41, 5.74) is 0.567. The molecule has 0 radical (unpaired) electrons. The van der Waals surface area contributed by atoms with E-state index in [1.54, 1.807) is 24.3 Å². The van der Waals surface area contributed by atoms with Gasteiger partial charge in [0.25, 0.3) is 5.91 Å². The number of anilines is 1. The number of hydrogen-bond acceptors (Lipinski definition) is 3. The van der Waals surface area contributed by atoms with Crippen LogP contribution in [0.5, 0.6) is 0 Å². The average Bonchev–Trinajstić information content (AvgIpc) is 2.49. The Morgan fingerprint density at radius 1 is 1.22 bits per heavy atom. The quantitative estimate of drug-likeness (QED) is 0.773. The molecule has 1 atom stereocenters. The predicted octanol–water partition coefficient (Wildman–Crippen LogP) is 4.43. The van der Waals surface area contributed by atoms with Gasteiger partial charge in [-0.15, -0.1) is 0 Å². The first kappa shape index (κ1) is 17.4. The lowest BCUT2D eigenvalue weighted by Crippen LogP contribution is -2.30. The largest absolute Gasteiger partial charge is 0.449 e. The molecular weight excluding hydrogens is 389 g/mol. The van der Waals surface area contributed by atoms with Gasteiger partial charge >= 0.3 is 5.97 Å². The van der Waals surface area contributed by atoms with Crippen LogP contribution >= 0.6 is 27.5 Å². The van der Waals surface area contributed by atoms with Crippen LogP contribution < -0.4 is 5.32 Å². The Kier molecular flexibility index (Phi) is 5.74. The van der Waals surface area contributed by atoms with Gasteiger partial charge in [0.2, 0.25) is 0 Å². The van der Waals surface area contributed by atoms with Crippen molar-refractivity contribution < 1.29 is 18.7 Å². The van der Waals surface area contributed by atoms with Crippen LogP contribution in [0.15, 0.2) is 46.9 Å². The summed E-state index contributed by atoms with van der Waals surface area (Å²) in [5.74, 6) is -1.85. The van der Waals surface area contributed by atoms with Crippen molar-refractivity contribution in [3.05, 3.63) is 63.3 Å². The molecule has 0 saturated carbocycles. The molecule has 7 heteroatoms. The van der Waals surface area contributed by atoms with Crippen LogP contribution in [0.1, 0.15) is 17.3 Å². The molecular formula is C16H12BrClFNO3. The van der Waals surface area contributed by atoms with Crippen molar-refractivity contribution in [1.29, 1.82) is 0 Å². The molecule has 0 aliphatic rings. The van der Waals surface area contributed by atoms with Gasteiger partial charge < -0.3 is 10.1 Å². The summed E-state index contributed by atoms with van der Waals surface area (Å²) < 4.78 is 18.9. The lowest BCUT2D eigenvalue weighted by Gasteiger charge is -2.14. The third-order valence-corrected chi connectivity index (χ3v) is 3.76. The molecule has 0 saturated heterocycles. The molecule has 23 heavy (non-hydrogen) atoms. The molecule has 1 N–H and O–H groups in total. The smallest absolute Gasteiger partial charge is 0.340 e. The lowest BCUT2D eigenvalue weighted by molar-refractivity contribution is -0.123. The predicted molar refractivity (Wildman–Crippen MR) is 89.1 cm³/mol. The minimum Gasteiger partial charge on any atom is -0.449 e. The molecule has 2 aromatic rings. The zero-order valence-corrected chi connectivity index (χ0v) is 14.3. The number of hydrogen-bond donors (Lipinski definition) is 1. The van der Waals surface area contributed by atoms with E-state index in [0.717, 1.165) is 16.6 Å². The summed E-state index contributed by atoms with van der Waals surface area (Å²) >= 11 is 9.08. The number of carbonyl (C=O) groups is 2. The van der Waals surface area contributed by atoms with Gasteiger partial charge in [-0.3, -0.25) is 4.79 Å². The minimum atomic E-state index is -1.03. The molecule has 0 spiro atoms. The fourth-order valence-electron chi connectivity index (χ4n) is 1.71. The number of carbonyl (C=O) groups excluding carboxylic acids is 2. The van der Waals surface area contributed by atoms with E-state index in [2.05, 4.69) is 21.2 Å². The van der Waals surface area contributed by atoms with Crippen molar-refractivity contribution in [3.63, 3.8) is 0 Å². The molecule has 0 fully saturated rings. The van der Waals surface area contributed by atoms with Crippen molar-refractivity contribution in [3.8, 4) is 0 Å². The van der Waals surface area contributed by atoms with E-state index in [1.807, 2.05) is 0 Å². The van der Waals surface area contributed by atoms with Gasteiger partial charge in [0.1, 0.15) is 5.82 Å². The summed E-state index contributed by atoms with van der Waals surface area (Å²) in [6.45, 7) is 1.43. The standard InChI is InChI=1S/C16H12BrClFNO3/c1-9(15(21)20-12-5-2-10(17)3-6-12)23-16(22)13-7-4-11(19)8-14(13)18/h2-9H,1H3,(H,20,21)/t9-/m1/s1. The summed E-state index contributed by atoms with van der Waals surface area (Å²) in [4.78, 5) is 24.0. The summed E-state index contributed by atoms with van der Waals surface area (Å²) in [5, 5.41) is 2.55. The molecule has 0 aliphatic heterocycles. The highest BCUT2D eigenvalue weighted by Crippen LogP contribution is 2.19. The molecule has 0 aliphatic carbocycles. The number of esters is 1. The van der Waals surface area contributed by atoms with Crippen LogP contribution in [0.25, 0.3) is 0 Å². The summed E-state index contributed by atoms with van der Waals surface area (Å²) in [6, 6.07) is 10.2. The van der Waals surface area contributed by atoms with Gasteiger partial charge in [0.15, 0.2) is 6.10 Å². The number of halogens is 3. The monoisotopic (exact) mass is 399 g/mol. The van der Waals surface area contributed by atoms with E-state index in [0.29, 0.717) is 5.69 Å². The first-order valence-electron chi connectivity index (χ1n) is 6.59. The second kappa shape index (κ2) is 7.57. The second-order valence-corrected chi connectivity index (χ2v) is 5.99. The molecule has 0 aromatic heterocycles. The SMILES string of the molecule is C[C@@H](OC(=O)c1ccc(F)cc1Cl)C(=O)Nc1ccc(Br)cc1.